The van der Waals surface area contributed by atoms with Gasteiger partial charge in [-0.25, -0.2) is 9.37 Å². The molecule has 0 bridgehead atoms. The number of hydrogen-bond acceptors (Lipinski definition) is 4. The third kappa shape index (κ3) is 3.09. The fraction of sp³-hybridized carbons (Fsp3) is 0.200. The summed E-state index contributed by atoms with van der Waals surface area (Å²) in [6.07, 6.45) is 3.77. The molecule has 2 aromatic heterocycles. The van der Waals surface area contributed by atoms with E-state index < -0.39 is 0 Å². The second-order valence-corrected chi connectivity index (χ2v) is 8.42. The van der Waals surface area contributed by atoms with E-state index in [4.69, 9.17) is 4.98 Å². The first-order valence-electron chi connectivity index (χ1n) is 10.6. The minimum Gasteiger partial charge on any atom is -0.317 e. The van der Waals surface area contributed by atoms with E-state index in [-0.39, 0.29) is 11.7 Å². The van der Waals surface area contributed by atoms with Crippen LogP contribution in [-0.4, -0.2) is 25.7 Å². The minimum absolute atomic E-state index is 0.0420. The molecule has 7 heteroatoms. The number of hydrogen-bond donors (Lipinski definition) is 0. The molecule has 2 aromatic carbocycles. The number of amides is 1. The van der Waals surface area contributed by atoms with E-state index in [1.165, 1.54) is 12.1 Å². The highest BCUT2D eigenvalue weighted by Crippen LogP contribution is 2.43. The Morgan fingerprint density at radius 2 is 1.84 bits per heavy atom. The van der Waals surface area contributed by atoms with E-state index in [1.54, 1.807) is 21.9 Å². The van der Waals surface area contributed by atoms with E-state index in [0.717, 1.165) is 35.2 Å². The van der Waals surface area contributed by atoms with E-state index >= 15 is 0 Å². The van der Waals surface area contributed by atoms with Crippen LogP contribution in [0.3, 0.4) is 0 Å². The Morgan fingerprint density at radius 1 is 1.00 bits per heavy atom. The quantitative estimate of drug-likeness (QED) is 0.475. The zero-order chi connectivity index (χ0) is 21.8. The lowest BCUT2D eigenvalue weighted by molar-refractivity contribution is 0.0996. The number of pyridine rings is 1. The highest BCUT2D eigenvalue weighted by molar-refractivity contribution is 6.09. The fourth-order valence-electron chi connectivity index (χ4n) is 4.34. The minimum atomic E-state index is -0.339. The van der Waals surface area contributed by atoms with Gasteiger partial charge in [0.1, 0.15) is 18.0 Å². The van der Waals surface area contributed by atoms with Gasteiger partial charge in [0, 0.05) is 29.8 Å². The number of nitrogens with zero attached hydrogens (tertiary/aromatic N) is 5. The van der Waals surface area contributed by atoms with Crippen LogP contribution >= 0.6 is 0 Å². The molecule has 0 saturated heterocycles. The molecule has 0 atom stereocenters. The van der Waals surface area contributed by atoms with Crippen LogP contribution in [0, 0.1) is 5.82 Å². The zero-order valence-corrected chi connectivity index (χ0v) is 17.5. The van der Waals surface area contributed by atoms with E-state index in [9.17, 15) is 9.18 Å². The molecule has 1 aliphatic heterocycles. The van der Waals surface area contributed by atoms with Crippen LogP contribution < -0.4 is 4.90 Å². The van der Waals surface area contributed by atoms with Gasteiger partial charge >= 0.3 is 0 Å². The molecule has 0 radical (unpaired) electrons. The van der Waals surface area contributed by atoms with Crippen molar-refractivity contribution in [3.8, 4) is 22.5 Å². The predicted molar refractivity (Wildman–Crippen MR) is 119 cm³/mol. The SMILES string of the molecule is Cn1cnnc1-c1cc(F)ccc1-c1cc(C2CC2)nc(N2Cc3ccccc3C2=O)c1. The van der Waals surface area contributed by atoms with Gasteiger partial charge < -0.3 is 4.57 Å². The molecule has 0 spiro atoms. The van der Waals surface area contributed by atoms with Gasteiger partial charge in [0.05, 0.1) is 6.54 Å². The van der Waals surface area contributed by atoms with Gasteiger partial charge in [0.25, 0.3) is 5.91 Å². The average molecular weight is 425 g/mol. The number of carbonyl (C=O) groups excluding carboxylic acids is 1. The summed E-state index contributed by atoms with van der Waals surface area (Å²) in [6, 6.07) is 16.3. The van der Waals surface area contributed by atoms with Gasteiger partial charge in [-0.3, -0.25) is 9.69 Å². The molecule has 2 aliphatic rings. The van der Waals surface area contributed by atoms with Crippen molar-refractivity contribution in [1.82, 2.24) is 19.7 Å². The van der Waals surface area contributed by atoms with E-state index in [1.807, 2.05) is 37.4 Å². The summed E-state index contributed by atoms with van der Waals surface area (Å²) in [6.45, 7) is 0.495. The Morgan fingerprint density at radius 3 is 2.59 bits per heavy atom. The Bertz CT molecular complexity index is 1370. The summed E-state index contributed by atoms with van der Waals surface area (Å²) in [7, 11) is 1.83. The molecule has 6 rings (SSSR count). The summed E-state index contributed by atoms with van der Waals surface area (Å²) in [5.41, 5.74) is 5.05. The van der Waals surface area contributed by atoms with Crippen LogP contribution in [0.2, 0.25) is 0 Å². The number of fused-ring (bicyclic) bond motifs is 1. The molecule has 1 saturated carbocycles. The van der Waals surface area contributed by atoms with Crippen LogP contribution in [0.15, 0.2) is 60.9 Å². The predicted octanol–water partition coefficient (Wildman–Crippen LogP) is 4.72. The smallest absolute Gasteiger partial charge is 0.260 e. The summed E-state index contributed by atoms with van der Waals surface area (Å²) in [5.74, 6) is 1.22. The zero-order valence-electron chi connectivity index (χ0n) is 17.5. The van der Waals surface area contributed by atoms with Crippen LogP contribution in [0.1, 0.15) is 40.4 Å². The lowest BCUT2D eigenvalue weighted by atomic mass is 9.98. The van der Waals surface area contributed by atoms with Gasteiger partial charge in [-0.1, -0.05) is 24.3 Å². The first kappa shape index (κ1) is 18.9. The maximum absolute atomic E-state index is 14.2. The monoisotopic (exact) mass is 425 g/mol. The second kappa shape index (κ2) is 7.09. The highest BCUT2D eigenvalue weighted by atomic mass is 19.1. The van der Waals surface area contributed by atoms with Crippen LogP contribution in [0.4, 0.5) is 10.2 Å². The van der Waals surface area contributed by atoms with Gasteiger partial charge in [0.2, 0.25) is 0 Å². The second-order valence-electron chi connectivity index (χ2n) is 8.42. The van der Waals surface area contributed by atoms with Crippen molar-refractivity contribution in [2.75, 3.05) is 4.90 Å². The topological polar surface area (TPSA) is 63.9 Å². The lowest BCUT2D eigenvalue weighted by Crippen LogP contribution is -2.24. The van der Waals surface area contributed by atoms with E-state index in [0.29, 0.717) is 35.2 Å². The first-order chi connectivity index (χ1) is 15.6. The third-order valence-corrected chi connectivity index (χ3v) is 6.17. The molecule has 0 N–H and O–H groups in total. The normalized spacial score (nSPS) is 15.3. The summed E-state index contributed by atoms with van der Waals surface area (Å²) in [4.78, 5) is 19.7. The summed E-state index contributed by atoms with van der Waals surface area (Å²) < 4.78 is 16.0. The molecule has 0 unspecified atom stereocenters. The van der Waals surface area contributed by atoms with Gasteiger partial charge in [-0.2, -0.15) is 0 Å². The van der Waals surface area contributed by atoms with Gasteiger partial charge in [-0.05, 0) is 59.9 Å². The van der Waals surface area contributed by atoms with Crippen molar-refractivity contribution in [3.63, 3.8) is 0 Å². The Balaban J connectivity index is 1.50. The van der Waals surface area contributed by atoms with Crippen molar-refractivity contribution in [2.45, 2.75) is 25.3 Å². The molecule has 1 amide bonds. The molecule has 6 nitrogen and oxygen atoms in total. The number of anilines is 1. The number of benzene rings is 2. The van der Waals surface area contributed by atoms with E-state index in [2.05, 4.69) is 16.3 Å². The van der Waals surface area contributed by atoms with Crippen molar-refractivity contribution in [3.05, 3.63) is 83.6 Å². The van der Waals surface area contributed by atoms with Crippen molar-refractivity contribution >= 4 is 11.7 Å². The van der Waals surface area contributed by atoms with Gasteiger partial charge in [0.15, 0.2) is 5.82 Å². The van der Waals surface area contributed by atoms with Crippen LogP contribution in [0.5, 0.6) is 0 Å². The lowest BCUT2D eigenvalue weighted by Gasteiger charge is -2.18. The molecule has 158 valence electrons. The Kier molecular flexibility index (Phi) is 4.18. The Labute approximate surface area is 184 Å². The van der Waals surface area contributed by atoms with Crippen LogP contribution in [-0.2, 0) is 13.6 Å². The summed E-state index contributed by atoms with van der Waals surface area (Å²) in [5, 5.41) is 8.15. The third-order valence-electron chi connectivity index (χ3n) is 6.17. The first-order valence-corrected chi connectivity index (χ1v) is 10.6. The standard InChI is InChI=1S/C25H20FN5O/c1-30-14-27-29-24(30)21-12-18(26)8-9-19(21)17-10-22(15-6-7-15)28-23(11-17)31-13-16-4-2-3-5-20(16)25(31)32/h2-5,8-12,14-15H,6-7,13H2,1H3. The molecule has 1 aliphatic carbocycles. The van der Waals surface area contributed by atoms with Gasteiger partial charge in [-0.15, -0.1) is 10.2 Å². The highest BCUT2D eigenvalue weighted by Gasteiger charge is 2.32. The summed E-state index contributed by atoms with van der Waals surface area (Å²) >= 11 is 0. The number of rotatable bonds is 4. The number of halogens is 1. The van der Waals surface area contributed by atoms with Crippen molar-refractivity contribution < 1.29 is 9.18 Å². The van der Waals surface area contributed by atoms with Crippen molar-refractivity contribution in [1.29, 1.82) is 0 Å². The maximum atomic E-state index is 14.2. The largest absolute Gasteiger partial charge is 0.317 e. The van der Waals surface area contributed by atoms with Crippen molar-refractivity contribution in [2.24, 2.45) is 7.05 Å². The number of aromatic nitrogens is 4. The molecule has 4 aromatic rings. The average Bonchev–Trinajstić information content (AvgIpc) is 3.49. The number of carbonyl (C=O) groups is 1. The number of aryl methyl sites for hydroxylation is 1. The molecule has 3 heterocycles. The molecular formula is C25H20FN5O. The maximum Gasteiger partial charge on any atom is 0.260 e. The molecular weight excluding hydrogens is 405 g/mol. The van der Waals surface area contributed by atoms with Crippen LogP contribution in [0.25, 0.3) is 22.5 Å². The fourth-order valence-corrected chi connectivity index (χ4v) is 4.34. The molecule has 1 fully saturated rings. The molecule has 32 heavy (non-hydrogen) atoms. The Hall–Kier alpha value is -3.87.